The maximum Gasteiger partial charge on any atom is 0.304 e. The van der Waals surface area contributed by atoms with Crippen LogP contribution in [0.2, 0.25) is 0 Å². The maximum absolute atomic E-state index is 11.4. The normalized spacial score (nSPS) is 14.5. The largest absolute Gasteiger partial charge is 0.493 e. The smallest absolute Gasteiger partial charge is 0.304 e. The fourth-order valence-corrected chi connectivity index (χ4v) is 5.64. The Hall–Kier alpha value is -3.59. The molecule has 0 aliphatic carbocycles. The van der Waals surface area contributed by atoms with Crippen molar-refractivity contribution in [1.82, 2.24) is 4.98 Å². The van der Waals surface area contributed by atoms with Crippen LogP contribution in [0, 0.1) is 27.7 Å². The molecule has 2 heterocycles. The number of hydrogen-bond donors (Lipinski definition) is 1. The second-order valence-corrected chi connectivity index (χ2v) is 12.5. The lowest BCUT2D eigenvalue weighted by atomic mass is 9.88. The summed E-state index contributed by atoms with van der Waals surface area (Å²) in [6.07, 6.45) is 3.34. The average Bonchev–Trinajstić information content (AvgIpc) is 3.27. The molecule has 0 unspecified atom stereocenters. The quantitative estimate of drug-likeness (QED) is 0.317. The highest BCUT2D eigenvalue weighted by Gasteiger charge is 2.27. The molecule has 2 aromatic carbocycles. The first kappa shape index (κ1) is 28.4. The Balaban J connectivity index is 1.49. The van der Waals surface area contributed by atoms with E-state index in [9.17, 15) is 13.2 Å². The number of aliphatic carboxylic acids is 1. The van der Waals surface area contributed by atoms with Gasteiger partial charge in [0.25, 0.3) is 0 Å². The first-order valence-corrected chi connectivity index (χ1v) is 15.0. The van der Waals surface area contributed by atoms with Crippen LogP contribution in [0.15, 0.2) is 36.5 Å². The van der Waals surface area contributed by atoms with Crippen molar-refractivity contribution >= 4 is 15.8 Å². The number of nitrogens with zero attached hydrogens (tertiary/aromatic N) is 1. The fourth-order valence-electron chi connectivity index (χ4n) is 5.00. The predicted molar refractivity (Wildman–Crippen MR) is 150 cm³/mol. The van der Waals surface area contributed by atoms with E-state index in [1.165, 1.54) is 6.26 Å². The Morgan fingerprint density at radius 3 is 2.46 bits per heavy atom. The molecule has 0 radical (unpaired) electrons. The maximum atomic E-state index is 11.4. The SMILES string of the molecule is Cc1c(C)c(-c2cccc(COc3cc4c(cn3)[C@H](CC(=O)O)CO4)c2)c(C)c(C)c1OCCCS(C)(=O)=O. The molecule has 1 N–H and O–H groups in total. The van der Waals surface area contributed by atoms with Crippen molar-refractivity contribution in [2.45, 2.75) is 53.1 Å². The summed E-state index contributed by atoms with van der Waals surface area (Å²) in [5.74, 6) is 0.909. The van der Waals surface area contributed by atoms with Crippen molar-refractivity contribution in [3.05, 3.63) is 69.9 Å². The van der Waals surface area contributed by atoms with Crippen molar-refractivity contribution in [2.75, 3.05) is 25.2 Å². The summed E-state index contributed by atoms with van der Waals surface area (Å²) in [6, 6.07) is 9.90. The van der Waals surface area contributed by atoms with Crippen LogP contribution in [-0.2, 0) is 21.2 Å². The number of benzene rings is 2. The third kappa shape index (κ3) is 6.71. The Morgan fingerprint density at radius 1 is 1.08 bits per heavy atom. The van der Waals surface area contributed by atoms with Gasteiger partial charge in [-0.15, -0.1) is 0 Å². The molecule has 39 heavy (non-hydrogen) atoms. The molecule has 1 aliphatic rings. The summed E-state index contributed by atoms with van der Waals surface area (Å²) in [7, 11) is -3.01. The zero-order valence-electron chi connectivity index (χ0n) is 23.0. The Labute approximate surface area is 229 Å². The van der Waals surface area contributed by atoms with Gasteiger partial charge < -0.3 is 19.3 Å². The highest BCUT2D eigenvalue weighted by molar-refractivity contribution is 7.90. The summed E-state index contributed by atoms with van der Waals surface area (Å²) in [5, 5.41) is 9.09. The summed E-state index contributed by atoms with van der Waals surface area (Å²) in [5.41, 5.74) is 8.30. The average molecular weight is 554 g/mol. The summed E-state index contributed by atoms with van der Waals surface area (Å²) >= 11 is 0. The van der Waals surface area contributed by atoms with Crippen LogP contribution in [0.1, 0.15) is 52.1 Å². The van der Waals surface area contributed by atoms with Gasteiger partial charge in [0.1, 0.15) is 27.9 Å². The van der Waals surface area contributed by atoms with E-state index in [1.54, 1.807) is 12.3 Å². The number of rotatable bonds is 11. The highest BCUT2D eigenvalue weighted by Crippen LogP contribution is 2.39. The van der Waals surface area contributed by atoms with Crippen LogP contribution in [0.4, 0.5) is 0 Å². The lowest BCUT2D eigenvalue weighted by Gasteiger charge is -2.21. The molecule has 8 nitrogen and oxygen atoms in total. The molecule has 0 amide bonds. The number of hydrogen-bond acceptors (Lipinski definition) is 7. The van der Waals surface area contributed by atoms with Crippen LogP contribution < -0.4 is 14.2 Å². The molecule has 0 fully saturated rings. The monoisotopic (exact) mass is 553 g/mol. The number of carboxylic acids is 1. The van der Waals surface area contributed by atoms with E-state index in [1.807, 2.05) is 26.0 Å². The van der Waals surface area contributed by atoms with Gasteiger partial charge in [-0.2, -0.15) is 0 Å². The molecular weight excluding hydrogens is 518 g/mol. The number of pyridine rings is 1. The lowest BCUT2D eigenvalue weighted by Crippen LogP contribution is -2.10. The van der Waals surface area contributed by atoms with Gasteiger partial charge in [0.05, 0.1) is 25.4 Å². The zero-order valence-corrected chi connectivity index (χ0v) is 23.9. The molecule has 0 spiro atoms. The first-order valence-electron chi connectivity index (χ1n) is 12.9. The van der Waals surface area contributed by atoms with Gasteiger partial charge in [0.2, 0.25) is 5.88 Å². The van der Waals surface area contributed by atoms with Gasteiger partial charge in [0, 0.05) is 30.0 Å². The Morgan fingerprint density at radius 2 is 1.79 bits per heavy atom. The number of carbonyl (C=O) groups is 1. The Kier molecular flexibility index (Phi) is 8.49. The highest BCUT2D eigenvalue weighted by atomic mass is 32.2. The number of ether oxygens (including phenoxy) is 3. The molecule has 9 heteroatoms. The van der Waals surface area contributed by atoms with Crippen LogP contribution >= 0.6 is 0 Å². The van der Waals surface area contributed by atoms with Crippen molar-refractivity contribution in [3.8, 4) is 28.5 Å². The van der Waals surface area contributed by atoms with Gasteiger partial charge in [0.15, 0.2) is 0 Å². The topological polar surface area (TPSA) is 112 Å². The van der Waals surface area contributed by atoms with E-state index in [2.05, 4.69) is 31.0 Å². The van der Waals surface area contributed by atoms with Crippen LogP contribution in [0.25, 0.3) is 11.1 Å². The standard InChI is InChI=1S/C30H35NO7S/c1-18-20(3)30(36-10-7-11-39(5,34)35)21(4)19(2)29(18)23-9-6-8-22(12-23)16-38-27-14-26-25(15-31-27)24(17-37-26)13-28(32)33/h6,8-9,12,14-15,24H,7,10-11,13,16-17H2,1-5H3,(H,32,33)/t24-/m1/s1. The lowest BCUT2D eigenvalue weighted by molar-refractivity contribution is -0.137. The molecule has 1 aliphatic heterocycles. The van der Waals surface area contributed by atoms with Crippen molar-refractivity contribution in [3.63, 3.8) is 0 Å². The second-order valence-electron chi connectivity index (χ2n) is 10.2. The first-order chi connectivity index (χ1) is 18.4. The van der Waals surface area contributed by atoms with E-state index >= 15 is 0 Å². The number of aromatic nitrogens is 1. The van der Waals surface area contributed by atoms with Crippen molar-refractivity contribution < 1.29 is 32.5 Å². The van der Waals surface area contributed by atoms with Crippen molar-refractivity contribution in [2.24, 2.45) is 0 Å². The van der Waals surface area contributed by atoms with E-state index in [0.29, 0.717) is 37.9 Å². The summed E-state index contributed by atoms with van der Waals surface area (Å²) in [6.45, 7) is 9.22. The van der Waals surface area contributed by atoms with Gasteiger partial charge in [-0.25, -0.2) is 13.4 Å². The number of fused-ring (bicyclic) bond motifs is 1. The molecule has 208 valence electrons. The fraction of sp³-hybridized carbons (Fsp3) is 0.400. The van der Waals surface area contributed by atoms with Crippen LogP contribution in [0.3, 0.4) is 0 Å². The minimum atomic E-state index is -3.01. The third-order valence-corrected chi connectivity index (χ3v) is 8.27. The predicted octanol–water partition coefficient (Wildman–Crippen LogP) is 5.33. The molecule has 0 saturated heterocycles. The van der Waals surface area contributed by atoms with Gasteiger partial charge in [-0.1, -0.05) is 18.2 Å². The molecule has 0 bridgehead atoms. The molecule has 1 aromatic heterocycles. The minimum absolute atomic E-state index is 0.00967. The van der Waals surface area contributed by atoms with Gasteiger partial charge >= 0.3 is 5.97 Å². The molecular formula is C30H35NO7S. The van der Waals surface area contributed by atoms with Gasteiger partial charge in [-0.05, 0) is 79.1 Å². The van der Waals surface area contributed by atoms with E-state index in [-0.39, 0.29) is 18.1 Å². The number of carboxylic acid groups (broad SMARTS) is 1. The Bertz CT molecular complexity index is 1470. The molecule has 0 saturated carbocycles. The van der Waals surface area contributed by atoms with E-state index < -0.39 is 15.8 Å². The second kappa shape index (κ2) is 11.7. The zero-order chi connectivity index (χ0) is 28.3. The summed E-state index contributed by atoms with van der Waals surface area (Å²) < 4.78 is 40.6. The van der Waals surface area contributed by atoms with E-state index in [4.69, 9.17) is 19.3 Å². The van der Waals surface area contributed by atoms with Crippen LogP contribution in [-0.4, -0.2) is 49.7 Å². The number of sulfone groups is 1. The van der Waals surface area contributed by atoms with Gasteiger partial charge in [-0.3, -0.25) is 4.79 Å². The molecule has 3 aromatic rings. The van der Waals surface area contributed by atoms with Crippen LogP contribution in [0.5, 0.6) is 17.4 Å². The third-order valence-electron chi connectivity index (χ3n) is 7.24. The molecule has 1 atom stereocenters. The minimum Gasteiger partial charge on any atom is -0.493 e. The molecule has 4 rings (SSSR count). The van der Waals surface area contributed by atoms with E-state index in [0.717, 1.165) is 50.3 Å². The van der Waals surface area contributed by atoms with Crippen molar-refractivity contribution in [1.29, 1.82) is 0 Å². The summed E-state index contributed by atoms with van der Waals surface area (Å²) in [4.78, 5) is 15.4.